The summed E-state index contributed by atoms with van der Waals surface area (Å²) >= 11 is 4.02. The van der Waals surface area contributed by atoms with Crippen molar-refractivity contribution in [2.45, 2.75) is 0 Å². The van der Waals surface area contributed by atoms with Gasteiger partial charge >= 0.3 is 6.03 Å². The normalized spacial score (nSPS) is 17.2. The molecule has 1 aliphatic heterocycles. The first-order valence-corrected chi connectivity index (χ1v) is 5.07. The molecule has 0 saturated carbocycles. The molecule has 0 spiro atoms. The van der Waals surface area contributed by atoms with Crippen LogP contribution in [-0.2, 0) is 4.74 Å². The minimum Gasteiger partial charge on any atom is -0.379 e. The van der Waals surface area contributed by atoms with E-state index >= 15 is 0 Å². The second kappa shape index (κ2) is 5.34. The number of hydrogen-bond donors (Lipinski definition) is 1. The number of ether oxygens (including phenoxy) is 1. The lowest BCUT2D eigenvalue weighted by molar-refractivity contribution is 0.126. The molecule has 13 heavy (non-hydrogen) atoms. The summed E-state index contributed by atoms with van der Waals surface area (Å²) in [6.07, 6.45) is 0. The Morgan fingerprint density at radius 1 is 1.46 bits per heavy atom. The van der Waals surface area contributed by atoms with Crippen molar-refractivity contribution in [3.05, 3.63) is 0 Å². The van der Waals surface area contributed by atoms with Gasteiger partial charge in [0.05, 0.1) is 13.2 Å². The summed E-state index contributed by atoms with van der Waals surface area (Å²) in [5.41, 5.74) is 0. The first kappa shape index (κ1) is 10.7. The summed E-state index contributed by atoms with van der Waals surface area (Å²) in [7, 11) is 1.82. The predicted molar refractivity (Wildman–Crippen MR) is 54.3 cm³/mol. The highest BCUT2D eigenvalue weighted by molar-refractivity contribution is 7.80. The lowest BCUT2D eigenvalue weighted by Gasteiger charge is -2.15. The number of rotatable bonds is 5. The van der Waals surface area contributed by atoms with Crippen LogP contribution in [0.3, 0.4) is 0 Å². The van der Waals surface area contributed by atoms with Gasteiger partial charge in [0, 0.05) is 32.4 Å². The van der Waals surface area contributed by atoms with E-state index < -0.39 is 0 Å². The van der Waals surface area contributed by atoms with Crippen molar-refractivity contribution in [1.29, 1.82) is 0 Å². The first-order valence-electron chi connectivity index (χ1n) is 4.44. The van der Waals surface area contributed by atoms with Crippen LogP contribution in [0, 0.1) is 0 Å². The molecule has 1 aliphatic rings. The highest BCUT2D eigenvalue weighted by atomic mass is 32.1. The van der Waals surface area contributed by atoms with E-state index in [0.717, 1.165) is 18.8 Å². The SMILES string of the molecule is CN1CCN(CCOCCS)C1=O. The molecule has 76 valence electrons. The minimum atomic E-state index is 0.106. The van der Waals surface area contributed by atoms with Crippen molar-refractivity contribution in [2.75, 3.05) is 45.6 Å². The zero-order chi connectivity index (χ0) is 9.68. The Hall–Kier alpha value is -0.420. The Morgan fingerprint density at radius 3 is 2.77 bits per heavy atom. The molecule has 0 aromatic heterocycles. The van der Waals surface area contributed by atoms with Crippen LogP contribution in [0.2, 0.25) is 0 Å². The van der Waals surface area contributed by atoms with Crippen molar-refractivity contribution in [1.82, 2.24) is 9.80 Å². The van der Waals surface area contributed by atoms with Gasteiger partial charge in [0.2, 0.25) is 0 Å². The smallest absolute Gasteiger partial charge is 0.319 e. The van der Waals surface area contributed by atoms with Gasteiger partial charge in [0.1, 0.15) is 0 Å². The number of likely N-dealkylation sites (N-methyl/N-ethyl adjacent to an activating group) is 1. The van der Waals surface area contributed by atoms with E-state index in [1.807, 2.05) is 7.05 Å². The van der Waals surface area contributed by atoms with Gasteiger partial charge in [-0.3, -0.25) is 0 Å². The van der Waals surface area contributed by atoms with Crippen LogP contribution >= 0.6 is 12.6 Å². The van der Waals surface area contributed by atoms with E-state index in [9.17, 15) is 4.79 Å². The van der Waals surface area contributed by atoms with Crippen LogP contribution in [0.1, 0.15) is 0 Å². The molecule has 1 saturated heterocycles. The van der Waals surface area contributed by atoms with Crippen molar-refractivity contribution in [2.24, 2.45) is 0 Å². The fraction of sp³-hybridized carbons (Fsp3) is 0.875. The summed E-state index contributed by atoms with van der Waals surface area (Å²) < 4.78 is 5.24. The molecule has 4 nitrogen and oxygen atoms in total. The number of carbonyl (C=O) groups excluding carboxylic acids is 1. The number of thiol groups is 1. The molecule has 1 rings (SSSR count). The van der Waals surface area contributed by atoms with Crippen LogP contribution in [-0.4, -0.2) is 61.5 Å². The van der Waals surface area contributed by atoms with Gasteiger partial charge in [-0.15, -0.1) is 0 Å². The zero-order valence-electron chi connectivity index (χ0n) is 7.90. The van der Waals surface area contributed by atoms with Gasteiger partial charge in [0.25, 0.3) is 0 Å². The summed E-state index contributed by atoms with van der Waals surface area (Å²) in [5, 5.41) is 0. The summed E-state index contributed by atoms with van der Waals surface area (Å²) in [6.45, 7) is 3.60. The summed E-state index contributed by atoms with van der Waals surface area (Å²) in [6, 6.07) is 0.106. The van der Waals surface area contributed by atoms with E-state index in [0.29, 0.717) is 19.8 Å². The third kappa shape index (κ3) is 3.08. The molecular weight excluding hydrogens is 188 g/mol. The van der Waals surface area contributed by atoms with Gasteiger partial charge in [-0.2, -0.15) is 12.6 Å². The number of carbonyl (C=O) groups is 1. The first-order chi connectivity index (χ1) is 6.25. The molecule has 0 aromatic carbocycles. The van der Waals surface area contributed by atoms with Crippen LogP contribution in [0.5, 0.6) is 0 Å². The molecule has 1 fully saturated rings. The largest absolute Gasteiger partial charge is 0.379 e. The van der Waals surface area contributed by atoms with Gasteiger partial charge < -0.3 is 14.5 Å². The van der Waals surface area contributed by atoms with Crippen LogP contribution in [0.4, 0.5) is 4.79 Å². The standard InChI is InChI=1S/C8H16N2O2S/c1-9-2-3-10(8(9)11)4-5-12-6-7-13/h13H,2-7H2,1H3. The maximum atomic E-state index is 11.4. The van der Waals surface area contributed by atoms with Crippen molar-refractivity contribution >= 4 is 18.7 Å². The van der Waals surface area contributed by atoms with E-state index in [1.165, 1.54) is 0 Å². The molecule has 0 aliphatic carbocycles. The lowest BCUT2D eigenvalue weighted by Crippen LogP contribution is -2.32. The van der Waals surface area contributed by atoms with E-state index in [4.69, 9.17) is 4.74 Å². The quantitative estimate of drug-likeness (QED) is 0.516. The Bertz CT molecular complexity index is 178. The Labute approximate surface area is 84.2 Å². The Kier molecular flexibility index (Phi) is 4.38. The topological polar surface area (TPSA) is 32.8 Å². The van der Waals surface area contributed by atoms with Gasteiger partial charge in [-0.1, -0.05) is 0 Å². The monoisotopic (exact) mass is 204 g/mol. The summed E-state index contributed by atoms with van der Waals surface area (Å²) in [5.74, 6) is 0.730. The Balaban J connectivity index is 2.12. The third-order valence-corrected chi connectivity index (χ3v) is 2.23. The van der Waals surface area contributed by atoms with Crippen molar-refractivity contribution in [3.63, 3.8) is 0 Å². The van der Waals surface area contributed by atoms with Gasteiger partial charge in [-0.25, -0.2) is 4.79 Å². The minimum absolute atomic E-state index is 0.106. The average molecular weight is 204 g/mol. The predicted octanol–water partition coefficient (Wildman–Crippen LogP) is 0.300. The zero-order valence-corrected chi connectivity index (χ0v) is 8.80. The van der Waals surface area contributed by atoms with Crippen LogP contribution < -0.4 is 0 Å². The van der Waals surface area contributed by atoms with Crippen LogP contribution in [0.15, 0.2) is 0 Å². The van der Waals surface area contributed by atoms with Crippen molar-refractivity contribution in [3.8, 4) is 0 Å². The number of hydrogen-bond acceptors (Lipinski definition) is 3. The number of urea groups is 1. The molecule has 0 radical (unpaired) electrons. The number of amides is 2. The fourth-order valence-electron chi connectivity index (χ4n) is 1.25. The molecule has 0 bridgehead atoms. The fourth-order valence-corrected chi connectivity index (χ4v) is 1.38. The Morgan fingerprint density at radius 2 is 2.23 bits per heavy atom. The molecule has 0 unspecified atom stereocenters. The van der Waals surface area contributed by atoms with Crippen LogP contribution in [0.25, 0.3) is 0 Å². The molecule has 1 heterocycles. The van der Waals surface area contributed by atoms with Gasteiger partial charge in [0.15, 0.2) is 0 Å². The highest BCUT2D eigenvalue weighted by Gasteiger charge is 2.24. The molecule has 0 atom stereocenters. The lowest BCUT2D eigenvalue weighted by atomic mass is 10.5. The maximum Gasteiger partial charge on any atom is 0.319 e. The second-order valence-electron chi connectivity index (χ2n) is 3.03. The van der Waals surface area contributed by atoms with E-state index in [-0.39, 0.29) is 6.03 Å². The average Bonchev–Trinajstić information content (AvgIpc) is 2.43. The maximum absolute atomic E-state index is 11.4. The molecule has 0 N–H and O–H groups in total. The van der Waals surface area contributed by atoms with Gasteiger partial charge in [-0.05, 0) is 0 Å². The van der Waals surface area contributed by atoms with E-state index in [1.54, 1.807) is 9.80 Å². The summed E-state index contributed by atoms with van der Waals surface area (Å²) in [4.78, 5) is 14.9. The highest BCUT2D eigenvalue weighted by Crippen LogP contribution is 2.04. The molecule has 5 heteroatoms. The van der Waals surface area contributed by atoms with E-state index in [2.05, 4.69) is 12.6 Å². The molecular formula is C8H16N2O2S. The second-order valence-corrected chi connectivity index (χ2v) is 3.47. The number of nitrogens with zero attached hydrogens (tertiary/aromatic N) is 2. The molecule has 0 aromatic rings. The van der Waals surface area contributed by atoms with Crippen molar-refractivity contribution < 1.29 is 9.53 Å². The third-order valence-electron chi connectivity index (χ3n) is 2.04. The molecule has 2 amide bonds.